The molecule has 0 amide bonds. The van der Waals surface area contributed by atoms with Crippen LogP contribution < -0.4 is 5.32 Å². The number of aromatic nitrogens is 1. The van der Waals surface area contributed by atoms with E-state index in [2.05, 4.69) is 15.0 Å². The molecule has 2 rings (SSSR count). The van der Waals surface area contributed by atoms with Crippen LogP contribution in [0.1, 0.15) is 18.5 Å². The molecule has 2 heterocycles. The minimum absolute atomic E-state index is 0.0132. The Balaban J connectivity index is 2.25. The zero-order chi connectivity index (χ0) is 19.4. The summed E-state index contributed by atoms with van der Waals surface area (Å²) in [5.74, 6) is -0.0837. The van der Waals surface area contributed by atoms with Crippen molar-refractivity contribution < 1.29 is 14.5 Å². The summed E-state index contributed by atoms with van der Waals surface area (Å²) in [7, 11) is 2.98. The van der Waals surface area contributed by atoms with Gasteiger partial charge in [-0.15, -0.1) is 0 Å². The maximum Gasteiger partial charge on any atom is 0.319 e. The zero-order valence-electron chi connectivity index (χ0n) is 14.5. The molecule has 26 heavy (non-hydrogen) atoms. The highest BCUT2D eigenvalue weighted by Gasteiger charge is 2.32. The number of halogens is 2. The van der Waals surface area contributed by atoms with Crippen LogP contribution in [0.4, 0.5) is 0 Å². The molecule has 1 aromatic heterocycles. The van der Waals surface area contributed by atoms with Crippen LogP contribution in [0.15, 0.2) is 23.7 Å². The summed E-state index contributed by atoms with van der Waals surface area (Å²) in [6.45, 7) is 2.15. The van der Waals surface area contributed by atoms with Crippen LogP contribution in [0.25, 0.3) is 0 Å². The van der Waals surface area contributed by atoms with E-state index < -0.39 is 10.9 Å². The molecule has 1 aromatic rings. The molecule has 11 heteroatoms. The largest absolute Gasteiger partial charge is 0.468 e. The van der Waals surface area contributed by atoms with E-state index >= 15 is 0 Å². The van der Waals surface area contributed by atoms with Gasteiger partial charge in [0.25, 0.3) is 5.70 Å². The third-order valence-electron chi connectivity index (χ3n) is 3.88. The van der Waals surface area contributed by atoms with Crippen LogP contribution in [-0.2, 0) is 9.53 Å². The van der Waals surface area contributed by atoms with Crippen molar-refractivity contribution in [3.63, 3.8) is 0 Å². The first kappa shape index (κ1) is 20.2. The molecule has 0 aliphatic carbocycles. The van der Waals surface area contributed by atoms with Gasteiger partial charge in [-0.3, -0.25) is 19.8 Å². The topological polar surface area (TPSA) is 101 Å². The number of nitro groups is 1. The number of esters is 1. The quantitative estimate of drug-likeness (QED) is 0.332. The fourth-order valence-electron chi connectivity index (χ4n) is 2.64. The molecule has 0 spiro atoms. The molecule has 142 valence electrons. The van der Waals surface area contributed by atoms with Crippen LogP contribution in [-0.4, -0.2) is 59.6 Å². The van der Waals surface area contributed by atoms with Crippen LogP contribution in [0, 0.1) is 10.1 Å². The second-order valence-corrected chi connectivity index (χ2v) is 6.64. The van der Waals surface area contributed by atoms with Crippen LogP contribution >= 0.6 is 23.2 Å². The first-order chi connectivity index (χ1) is 12.2. The molecule has 1 N–H and O–H groups in total. The Hall–Kier alpha value is -2.10. The van der Waals surface area contributed by atoms with Gasteiger partial charge in [-0.05, 0) is 24.6 Å². The Morgan fingerprint density at radius 2 is 2.08 bits per heavy atom. The third-order valence-corrected chi connectivity index (χ3v) is 4.27. The lowest BCUT2D eigenvalue weighted by Crippen LogP contribution is -2.49. The van der Waals surface area contributed by atoms with E-state index in [9.17, 15) is 14.9 Å². The summed E-state index contributed by atoms with van der Waals surface area (Å²) in [5, 5.41) is 15.1. The SMILES string of the molecule is COC(=O)CN1CC([N+](=O)[O-])=C(NC(C)c2cc(Cl)nc(Cl)c2)N(C)C1. The van der Waals surface area contributed by atoms with E-state index in [1.807, 2.05) is 6.92 Å². The van der Waals surface area contributed by atoms with E-state index in [4.69, 9.17) is 23.2 Å². The number of nitrogens with zero attached hydrogens (tertiary/aromatic N) is 4. The van der Waals surface area contributed by atoms with Crippen LogP contribution in [0.5, 0.6) is 0 Å². The van der Waals surface area contributed by atoms with E-state index in [1.165, 1.54) is 7.11 Å². The maximum absolute atomic E-state index is 11.5. The molecule has 1 aliphatic rings. The van der Waals surface area contributed by atoms with Gasteiger partial charge in [0.2, 0.25) is 0 Å². The van der Waals surface area contributed by atoms with Gasteiger partial charge >= 0.3 is 5.97 Å². The molecule has 1 unspecified atom stereocenters. The molecule has 9 nitrogen and oxygen atoms in total. The van der Waals surface area contributed by atoms with Gasteiger partial charge < -0.3 is 15.0 Å². The summed E-state index contributed by atoms with van der Waals surface area (Å²) in [4.78, 5) is 29.7. The summed E-state index contributed by atoms with van der Waals surface area (Å²) in [6.07, 6.45) is 0. The molecular formula is C15H19Cl2N5O4. The first-order valence-electron chi connectivity index (χ1n) is 7.68. The van der Waals surface area contributed by atoms with Gasteiger partial charge in [0.05, 0.1) is 37.8 Å². The summed E-state index contributed by atoms with van der Waals surface area (Å²) < 4.78 is 4.62. The van der Waals surface area contributed by atoms with Crippen LogP contribution in [0.2, 0.25) is 10.3 Å². The number of nitrogens with one attached hydrogen (secondary N) is 1. The zero-order valence-corrected chi connectivity index (χ0v) is 16.0. The summed E-state index contributed by atoms with van der Waals surface area (Å²) >= 11 is 11.8. The third kappa shape index (κ3) is 4.96. The smallest absolute Gasteiger partial charge is 0.319 e. The summed E-state index contributed by atoms with van der Waals surface area (Å²) in [6, 6.07) is 2.99. The lowest BCUT2D eigenvalue weighted by molar-refractivity contribution is -0.432. The van der Waals surface area contributed by atoms with Gasteiger partial charge in [-0.1, -0.05) is 23.2 Å². The number of hydrogen-bond donors (Lipinski definition) is 1. The number of carbonyl (C=O) groups excluding carboxylic acids is 1. The van der Waals surface area contributed by atoms with Crippen molar-refractivity contribution in [3.05, 3.63) is 49.6 Å². The molecule has 0 saturated heterocycles. The van der Waals surface area contributed by atoms with E-state index in [0.717, 1.165) is 5.56 Å². The van der Waals surface area contributed by atoms with Gasteiger partial charge in [0.1, 0.15) is 10.3 Å². The van der Waals surface area contributed by atoms with Crippen molar-refractivity contribution in [2.45, 2.75) is 13.0 Å². The predicted octanol–water partition coefficient (Wildman–Crippen LogP) is 1.86. The molecule has 0 bridgehead atoms. The second-order valence-electron chi connectivity index (χ2n) is 5.87. The number of ether oxygens (including phenoxy) is 1. The molecule has 1 aliphatic heterocycles. The minimum Gasteiger partial charge on any atom is -0.468 e. The Morgan fingerprint density at radius 1 is 1.46 bits per heavy atom. The molecular weight excluding hydrogens is 385 g/mol. The highest BCUT2D eigenvalue weighted by atomic mass is 35.5. The normalized spacial score (nSPS) is 16.4. The Kier molecular flexibility index (Phi) is 6.63. The van der Waals surface area contributed by atoms with E-state index in [0.29, 0.717) is 12.5 Å². The van der Waals surface area contributed by atoms with Gasteiger partial charge in [-0.25, -0.2) is 4.98 Å². The number of hydrogen-bond acceptors (Lipinski definition) is 8. The van der Waals surface area contributed by atoms with Gasteiger partial charge in [0.15, 0.2) is 5.82 Å². The highest BCUT2D eigenvalue weighted by Crippen LogP contribution is 2.24. The number of rotatable bonds is 6. The van der Waals surface area contributed by atoms with Crippen molar-refractivity contribution in [1.29, 1.82) is 0 Å². The number of methoxy groups -OCH3 is 1. The van der Waals surface area contributed by atoms with Crippen molar-refractivity contribution >= 4 is 29.2 Å². The highest BCUT2D eigenvalue weighted by molar-refractivity contribution is 6.32. The molecule has 0 saturated carbocycles. The minimum atomic E-state index is -0.457. The Bertz CT molecular complexity index is 722. The fraction of sp³-hybridized carbons (Fsp3) is 0.467. The predicted molar refractivity (Wildman–Crippen MR) is 96.0 cm³/mol. The lowest BCUT2D eigenvalue weighted by Gasteiger charge is -2.35. The lowest BCUT2D eigenvalue weighted by atomic mass is 10.1. The Morgan fingerprint density at radius 3 is 2.62 bits per heavy atom. The monoisotopic (exact) mass is 403 g/mol. The fourth-order valence-corrected chi connectivity index (χ4v) is 3.12. The Labute approximate surface area is 160 Å². The number of pyridine rings is 1. The standard InChI is InChI=1S/C15H19Cl2N5O4/c1-9(10-4-12(16)19-13(17)5-10)18-15-11(22(24)25)6-21(8-20(15)2)7-14(23)26-3/h4-5,9,18H,6-8H2,1-3H3. The second kappa shape index (κ2) is 8.52. The number of carbonyl (C=O) groups is 1. The van der Waals surface area contributed by atoms with Crippen molar-refractivity contribution in [1.82, 2.24) is 20.1 Å². The summed E-state index contributed by atoms with van der Waals surface area (Å²) in [5.41, 5.74) is 0.705. The van der Waals surface area contributed by atoms with E-state index in [-0.39, 0.29) is 35.1 Å². The first-order valence-corrected chi connectivity index (χ1v) is 8.44. The average Bonchev–Trinajstić information content (AvgIpc) is 2.55. The van der Waals surface area contributed by atoms with Crippen molar-refractivity contribution in [3.8, 4) is 0 Å². The molecule has 0 aromatic carbocycles. The van der Waals surface area contributed by atoms with Gasteiger partial charge in [-0.2, -0.15) is 0 Å². The van der Waals surface area contributed by atoms with Gasteiger partial charge in [0, 0.05) is 7.05 Å². The van der Waals surface area contributed by atoms with Crippen molar-refractivity contribution in [2.75, 3.05) is 33.9 Å². The van der Waals surface area contributed by atoms with E-state index in [1.54, 1.807) is 29.0 Å². The molecule has 1 atom stereocenters. The maximum atomic E-state index is 11.5. The molecule has 0 fully saturated rings. The van der Waals surface area contributed by atoms with Crippen molar-refractivity contribution in [2.24, 2.45) is 0 Å². The van der Waals surface area contributed by atoms with Crippen LogP contribution in [0.3, 0.4) is 0 Å². The molecule has 0 radical (unpaired) electrons. The average molecular weight is 404 g/mol.